The number of hydrogen-bond acceptors (Lipinski definition) is 7. The predicted molar refractivity (Wildman–Crippen MR) is 128 cm³/mol. The van der Waals surface area contributed by atoms with E-state index in [-0.39, 0.29) is 17.7 Å². The number of fused-ring (bicyclic) bond motifs is 1. The molecule has 0 radical (unpaired) electrons. The molecule has 4 rings (SSSR count). The number of pyridine rings is 1. The smallest absolute Gasteiger partial charge is 0.293 e. The number of piperidine rings is 1. The van der Waals surface area contributed by atoms with Crippen molar-refractivity contribution in [2.75, 3.05) is 29.9 Å². The van der Waals surface area contributed by atoms with Gasteiger partial charge in [0.15, 0.2) is 11.6 Å². The lowest BCUT2D eigenvalue weighted by atomic mass is 10.1. The molecule has 32 heavy (non-hydrogen) atoms. The van der Waals surface area contributed by atoms with Gasteiger partial charge in [0, 0.05) is 30.2 Å². The Morgan fingerprint density at radius 3 is 2.72 bits per heavy atom. The number of nitrogens with one attached hydrogen (secondary N) is 1. The van der Waals surface area contributed by atoms with Gasteiger partial charge in [0.05, 0.1) is 24.4 Å². The Morgan fingerprint density at radius 2 is 2.03 bits per heavy atom. The van der Waals surface area contributed by atoms with E-state index < -0.39 is 0 Å². The summed E-state index contributed by atoms with van der Waals surface area (Å²) < 4.78 is 7.33. The molecule has 170 valence electrons. The minimum atomic E-state index is -0.265. The van der Waals surface area contributed by atoms with Crippen molar-refractivity contribution >= 4 is 40.0 Å². The van der Waals surface area contributed by atoms with Crippen LogP contribution in [0.4, 0.5) is 17.5 Å². The third kappa shape index (κ3) is 4.52. The van der Waals surface area contributed by atoms with Crippen molar-refractivity contribution in [2.45, 2.75) is 45.8 Å². The average Bonchev–Trinajstić information content (AvgIpc) is 2.76. The van der Waals surface area contributed by atoms with Gasteiger partial charge in [0.25, 0.3) is 5.56 Å². The van der Waals surface area contributed by atoms with Crippen LogP contribution in [0.3, 0.4) is 0 Å². The molecule has 1 aromatic carbocycles. The number of aliphatic hydroxyl groups excluding tert-OH is 1. The molecule has 1 aliphatic rings. The van der Waals surface area contributed by atoms with Gasteiger partial charge in [-0.15, -0.1) is 0 Å². The van der Waals surface area contributed by atoms with Crippen LogP contribution in [0, 0.1) is 0 Å². The van der Waals surface area contributed by atoms with E-state index in [0.717, 1.165) is 16.6 Å². The Morgan fingerprint density at radius 1 is 1.28 bits per heavy atom. The Labute approximate surface area is 191 Å². The lowest BCUT2D eigenvalue weighted by Gasteiger charge is -2.29. The highest BCUT2D eigenvalue weighted by Crippen LogP contribution is 2.29. The number of rotatable bonds is 6. The summed E-state index contributed by atoms with van der Waals surface area (Å²) in [5.74, 6) is 1.42. The molecule has 8 nitrogen and oxygen atoms in total. The number of hydrogen-bond donors (Lipinski definition) is 2. The second-order valence-electron chi connectivity index (χ2n) is 8.19. The Kier molecular flexibility index (Phi) is 6.53. The summed E-state index contributed by atoms with van der Waals surface area (Å²) in [5, 5.41) is 14.3. The maximum Gasteiger partial charge on any atom is 0.293 e. The number of aliphatic hydroxyl groups is 1. The van der Waals surface area contributed by atoms with Gasteiger partial charge in [-0.3, -0.25) is 4.79 Å². The SMILES string of the molecule is CCOc1cc2cc(Nc3nc(N4CCC(O)CC4)ncc3Cl)ccc2n(C(C)C)c1=O. The van der Waals surface area contributed by atoms with Crippen molar-refractivity contribution in [1.82, 2.24) is 14.5 Å². The normalized spacial score (nSPS) is 14.9. The summed E-state index contributed by atoms with van der Waals surface area (Å²) in [6, 6.07) is 7.53. The van der Waals surface area contributed by atoms with Crippen molar-refractivity contribution < 1.29 is 9.84 Å². The van der Waals surface area contributed by atoms with Gasteiger partial charge in [0.2, 0.25) is 5.95 Å². The maximum absolute atomic E-state index is 12.8. The minimum Gasteiger partial charge on any atom is -0.488 e. The first-order valence-corrected chi connectivity index (χ1v) is 11.3. The van der Waals surface area contributed by atoms with Crippen molar-refractivity contribution in [2.24, 2.45) is 0 Å². The highest BCUT2D eigenvalue weighted by molar-refractivity contribution is 6.32. The Hall–Kier alpha value is -2.84. The van der Waals surface area contributed by atoms with Gasteiger partial charge < -0.3 is 24.6 Å². The zero-order valence-corrected chi connectivity index (χ0v) is 19.3. The van der Waals surface area contributed by atoms with Crippen LogP contribution >= 0.6 is 11.6 Å². The quantitative estimate of drug-likeness (QED) is 0.574. The van der Waals surface area contributed by atoms with Crippen LogP contribution in [0.15, 0.2) is 35.3 Å². The molecule has 3 aromatic rings. The van der Waals surface area contributed by atoms with Gasteiger partial charge in [-0.05, 0) is 57.9 Å². The van der Waals surface area contributed by atoms with E-state index in [1.807, 2.05) is 43.9 Å². The van der Waals surface area contributed by atoms with E-state index in [1.165, 1.54) is 0 Å². The van der Waals surface area contributed by atoms with Crippen molar-refractivity contribution in [3.63, 3.8) is 0 Å². The van der Waals surface area contributed by atoms with Crippen LogP contribution in [0.5, 0.6) is 5.75 Å². The summed E-state index contributed by atoms with van der Waals surface area (Å²) in [4.78, 5) is 23.8. The van der Waals surface area contributed by atoms with E-state index in [9.17, 15) is 9.90 Å². The topological polar surface area (TPSA) is 92.5 Å². The molecule has 2 N–H and O–H groups in total. The van der Waals surface area contributed by atoms with Crippen LogP contribution in [-0.4, -0.2) is 45.4 Å². The summed E-state index contributed by atoms with van der Waals surface area (Å²) in [6.07, 6.45) is 2.71. The molecule has 2 aromatic heterocycles. The summed E-state index contributed by atoms with van der Waals surface area (Å²) in [7, 11) is 0. The molecule has 1 aliphatic heterocycles. The standard InChI is InChI=1S/C23H28ClN5O3/c1-4-32-20-12-15-11-16(5-6-19(15)29(14(2)3)22(20)31)26-21-18(24)13-25-23(27-21)28-9-7-17(30)8-10-28/h5-6,11-14,17,30H,4,7-10H2,1-3H3,(H,25,26,27). The largest absolute Gasteiger partial charge is 0.488 e. The molecule has 0 aliphatic carbocycles. The molecule has 0 saturated carbocycles. The fraction of sp³-hybridized carbons (Fsp3) is 0.435. The first-order chi connectivity index (χ1) is 15.4. The van der Waals surface area contributed by atoms with Crippen LogP contribution in [-0.2, 0) is 0 Å². The number of nitrogens with zero attached hydrogens (tertiary/aromatic N) is 4. The molecular formula is C23H28ClN5O3. The van der Waals surface area contributed by atoms with E-state index in [4.69, 9.17) is 16.3 Å². The molecule has 0 atom stereocenters. The van der Waals surface area contributed by atoms with E-state index in [1.54, 1.807) is 16.8 Å². The molecule has 1 saturated heterocycles. The van der Waals surface area contributed by atoms with Crippen LogP contribution in [0.25, 0.3) is 10.9 Å². The Bertz CT molecular complexity index is 1170. The van der Waals surface area contributed by atoms with Gasteiger partial charge in [0.1, 0.15) is 5.02 Å². The molecule has 0 amide bonds. The second-order valence-corrected chi connectivity index (χ2v) is 8.60. The molecule has 9 heteroatoms. The van der Waals surface area contributed by atoms with E-state index >= 15 is 0 Å². The molecular weight excluding hydrogens is 430 g/mol. The highest BCUT2D eigenvalue weighted by atomic mass is 35.5. The summed E-state index contributed by atoms with van der Waals surface area (Å²) in [6.45, 7) is 7.63. The molecule has 1 fully saturated rings. The van der Waals surface area contributed by atoms with E-state index in [0.29, 0.717) is 55.1 Å². The summed E-state index contributed by atoms with van der Waals surface area (Å²) >= 11 is 6.37. The van der Waals surface area contributed by atoms with Gasteiger partial charge in [-0.2, -0.15) is 4.98 Å². The van der Waals surface area contributed by atoms with Crippen molar-refractivity contribution in [3.8, 4) is 5.75 Å². The van der Waals surface area contributed by atoms with Crippen molar-refractivity contribution in [1.29, 1.82) is 0 Å². The molecule has 0 spiro atoms. The number of aromatic nitrogens is 3. The fourth-order valence-corrected chi connectivity index (χ4v) is 4.11. The minimum absolute atomic E-state index is 0.00820. The van der Waals surface area contributed by atoms with Gasteiger partial charge in [-0.1, -0.05) is 11.6 Å². The van der Waals surface area contributed by atoms with Crippen LogP contribution in [0.1, 0.15) is 39.7 Å². The first-order valence-electron chi connectivity index (χ1n) is 10.9. The number of halogens is 1. The molecule has 0 bridgehead atoms. The van der Waals surface area contributed by atoms with Gasteiger partial charge >= 0.3 is 0 Å². The molecule has 0 unspecified atom stereocenters. The lowest BCUT2D eigenvalue weighted by Crippen LogP contribution is -2.36. The highest BCUT2D eigenvalue weighted by Gasteiger charge is 2.20. The third-order valence-corrected chi connectivity index (χ3v) is 5.84. The average molecular weight is 458 g/mol. The zero-order chi connectivity index (χ0) is 22.8. The van der Waals surface area contributed by atoms with E-state index in [2.05, 4.69) is 15.3 Å². The van der Waals surface area contributed by atoms with Crippen LogP contribution in [0.2, 0.25) is 5.02 Å². The third-order valence-electron chi connectivity index (χ3n) is 5.56. The Balaban J connectivity index is 1.68. The van der Waals surface area contributed by atoms with Crippen molar-refractivity contribution in [3.05, 3.63) is 45.8 Å². The molecule has 3 heterocycles. The second kappa shape index (κ2) is 9.34. The lowest BCUT2D eigenvalue weighted by molar-refractivity contribution is 0.145. The first kappa shape index (κ1) is 22.4. The number of ether oxygens (including phenoxy) is 1. The van der Waals surface area contributed by atoms with Crippen LogP contribution < -0.4 is 20.5 Å². The van der Waals surface area contributed by atoms with Gasteiger partial charge in [-0.25, -0.2) is 4.98 Å². The monoisotopic (exact) mass is 457 g/mol. The number of benzene rings is 1. The number of anilines is 3. The fourth-order valence-electron chi connectivity index (χ4n) is 3.97. The zero-order valence-electron chi connectivity index (χ0n) is 18.5. The predicted octanol–water partition coefficient (Wildman–Crippen LogP) is 4.13. The summed E-state index contributed by atoms with van der Waals surface area (Å²) in [5.41, 5.74) is 1.49. The maximum atomic E-state index is 12.8.